The lowest BCUT2D eigenvalue weighted by molar-refractivity contribution is 0.0958. The van der Waals surface area contributed by atoms with E-state index >= 15 is 0 Å². The molecule has 0 fully saturated rings. The number of imidazole rings is 1. The minimum absolute atomic E-state index is 0.188. The van der Waals surface area contributed by atoms with E-state index in [0.29, 0.717) is 5.69 Å². The average Bonchev–Trinajstić information content (AvgIpc) is 2.91. The van der Waals surface area contributed by atoms with Gasteiger partial charge in [0, 0.05) is 43.8 Å². The molecule has 3 N–H and O–H groups in total. The average molecular weight is 245 g/mol. The highest BCUT2D eigenvalue weighted by atomic mass is 16.1. The molecule has 0 unspecified atom stereocenters. The first-order valence-corrected chi connectivity index (χ1v) is 5.69. The zero-order valence-corrected chi connectivity index (χ0v) is 10.1. The molecule has 2 rings (SSSR count). The van der Waals surface area contributed by atoms with Gasteiger partial charge in [0.1, 0.15) is 5.69 Å². The van der Waals surface area contributed by atoms with Crippen molar-refractivity contribution >= 4 is 11.6 Å². The molecule has 18 heavy (non-hydrogen) atoms. The van der Waals surface area contributed by atoms with E-state index in [0.717, 1.165) is 24.3 Å². The summed E-state index contributed by atoms with van der Waals surface area (Å²) in [6.45, 7) is 0.763. The van der Waals surface area contributed by atoms with Crippen molar-refractivity contribution in [3.8, 4) is 0 Å². The molecule has 2 heterocycles. The number of aromatic amines is 1. The maximum Gasteiger partial charge on any atom is 0.269 e. The lowest BCUT2D eigenvalue weighted by Crippen LogP contribution is -2.19. The van der Waals surface area contributed by atoms with Crippen LogP contribution >= 0.6 is 0 Å². The summed E-state index contributed by atoms with van der Waals surface area (Å²) >= 11 is 0. The van der Waals surface area contributed by atoms with Crippen molar-refractivity contribution in [2.24, 2.45) is 0 Å². The maximum atomic E-state index is 11.4. The Morgan fingerprint density at radius 2 is 2.39 bits per heavy atom. The fourth-order valence-corrected chi connectivity index (χ4v) is 1.56. The third-order valence-electron chi connectivity index (χ3n) is 2.50. The number of carbonyl (C=O) groups is 1. The molecule has 0 saturated carbocycles. The number of H-pyrrole nitrogens is 1. The fraction of sp³-hybridized carbons (Fsp3) is 0.250. The zero-order valence-electron chi connectivity index (χ0n) is 10.1. The second-order valence-corrected chi connectivity index (χ2v) is 3.76. The first-order chi connectivity index (χ1) is 8.79. The quantitative estimate of drug-likeness (QED) is 0.728. The summed E-state index contributed by atoms with van der Waals surface area (Å²) in [5.41, 5.74) is 2.36. The first-order valence-electron chi connectivity index (χ1n) is 5.69. The molecule has 0 bridgehead atoms. The largest absolute Gasteiger partial charge is 0.385 e. The Morgan fingerprint density at radius 3 is 3.11 bits per heavy atom. The summed E-state index contributed by atoms with van der Waals surface area (Å²) in [7, 11) is 1.59. The number of carbonyl (C=O) groups excluding carboxylic acids is 1. The summed E-state index contributed by atoms with van der Waals surface area (Å²) in [6.07, 6.45) is 5.91. The molecule has 6 heteroatoms. The van der Waals surface area contributed by atoms with Crippen molar-refractivity contribution < 1.29 is 4.79 Å². The smallest absolute Gasteiger partial charge is 0.269 e. The molecular weight excluding hydrogens is 230 g/mol. The van der Waals surface area contributed by atoms with Gasteiger partial charge >= 0.3 is 0 Å². The lowest BCUT2D eigenvalue weighted by atomic mass is 10.3. The number of nitrogens with zero attached hydrogens (tertiary/aromatic N) is 2. The van der Waals surface area contributed by atoms with Crippen LogP contribution in [0.3, 0.4) is 0 Å². The molecule has 0 aliphatic carbocycles. The fourth-order valence-electron chi connectivity index (χ4n) is 1.56. The summed E-state index contributed by atoms with van der Waals surface area (Å²) in [6, 6.07) is 3.56. The van der Waals surface area contributed by atoms with Gasteiger partial charge in [0.2, 0.25) is 0 Å². The van der Waals surface area contributed by atoms with E-state index in [-0.39, 0.29) is 5.91 Å². The third kappa shape index (κ3) is 3.07. The number of anilines is 1. The molecule has 0 radical (unpaired) electrons. The van der Waals surface area contributed by atoms with E-state index in [1.54, 1.807) is 31.8 Å². The number of rotatable bonds is 5. The van der Waals surface area contributed by atoms with Crippen molar-refractivity contribution in [1.82, 2.24) is 20.3 Å². The van der Waals surface area contributed by atoms with Gasteiger partial charge in [-0.1, -0.05) is 0 Å². The van der Waals surface area contributed by atoms with Crippen LogP contribution in [0.4, 0.5) is 5.69 Å². The molecule has 6 nitrogen and oxygen atoms in total. The first kappa shape index (κ1) is 12.1. The second kappa shape index (κ2) is 5.81. The Kier molecular flexibility index (Phi) is 3.90. The maximum absolute atomic E-state index is 11.4. The van der Waals surface area contributed by atoms with Gasteiger partial charge in [-0.2, -0.15) is 0 Å². The van der Waals surface area contributed by atoms with Gasteiger partial charge in [-0.25, -0.2) is 4.98 Å². The SMILES string of the molecule is CNC(=O)c1cc(NCCc2cnc[nH]2)ccn1. The van der Waals surface area contributed by atoms with Crippen LogP contribution in [0.25, 0.3) is 0 Å². The van der Waals surface area contributed by atoms with Crippen molar-refractivity contribution in [2.45, 2.75) is 6.42 Å². The molecule has 0 saturated heterocycles. The normalized spacial score (nSPS) is 10.1. The van der Waals surface area contributed by atoms with Gasteiger partial charge < -0.3 is 15.6 Å². The second-order valence-electron chi connectivity index (χ2n) is 3.76. The summed E-state index contributed by atoms with van der Waals surface area (Å²) in [5.74, 6) is -0.188. The minimum Gasteiger partial charge on any atom is -0.385 e. The highest BCUT2D eigenvalue weighted by Gasteiger charge is 2.04. The Bertz CT molecular complexity index is 509. The number of nitrogens with one attached hydrogen (secondary N) is 3. The van der Waals surface area contributed by atoms with E-state index < -0.39 is 0 Å². The van der Waals surface area contributed by atoms with Crippen molar-refractivity contribution in [1.29, 1.82) is 0 Å². The number of amides is 1. The molecule has 0 spiro atoms. The van der Waals surface area contributed by atoms with Crippen molar-refractivity contribution in [3.63, 3.8) is 0 Å². The Morgan fingerprint density at radius 1 is 1.50 bits per heavy atom. The van der Waals surface area contributed by atoms with Gasteiger partial charge in [-0.3, -0.25) is 9.78 Å². The van der Waals surface area contributed by atoms with Gasteiger partial charge in [-0.15, -0.1) is 0 Å². The van der Waals surface area contributed by atoms with Gasteiger partial charge in [-0.05, 0) is 12.1 Å². The highest BCUT2D eigenvalue weighted by Crippen LogP contribution is 2.08. The molecular formula is C12H15N5O. The van der Waals surface area contributed by atoms with Gasteiger partial charge in [0.15, 0.2) is 0 Å². The number of hydrogen-bond acceptors (Lipinski definition) is 4. The molecule has 0 aromatic carbocycles. The Labute approximate surface area is 105 Å². The molecule has 0 atom stereocenters. The number of pyridine rings is 1. The van der Waals surface area contributed by atoms with E-state index in [1.807, 2.05) is 6.07 Å². The van der Waals surface area contributed by atoms with Crippen LogP contribution in [0.15, 0.2) is 30.9 Å². The standard InChI is InChI=1S/C12H15N5O/c1-13-12(18)11-6-9(2-5-16-11)15-4-3-10-7-14-8-17-10/h2,5-8H,3-4H2,1H3,(H,13,18)(H,14,17)(H,15,16). The highest BCUT2D eigenvalue weighted by molar-refractivity contribution is 5.92. The minimum atomic E-state index is -0.188. The third-order valence-corrected chi connectivity index (χ3v) is 2.50. The summed E-state index contributed by atoms with van der Waals surface area (Å²) in [4.78, 5) is 22.4. The van der Waals surface area contributed by atoms with Crippen LogP contribution in [-0.2, 0) is 6.42 Å². The van der Waals surface area contributed by atoms with Crippen LogP contribution in [0.1, 0.15) is 16.2 Å². The Hall–Kier alpha value is -2.37. The van der Waals surface area contributed by atoms with Crippen molar-refractivity contribution in [2.75, 3.05) is 18.9 Å². The molecule has 94 valence electrons. The Balaban J connectivity index is 1.91. The number of aromatic nitrogens is 3. The van der Waals surface area contributed by atoms with E-state index in [9.17, 15) is 4.79 Å². The van der Waals surface area contributed by atoms with Gasteiger partial charge in [0.05, 0.1) is 6.33 Å². The van der Waals surface area contributed by atoms with E-state index in [2.05, 4.69) is 25.6 Å². The van der Waals surface area contributed by atoms with Crippen LogP contribution < -0.4 is 10.6 Å². The monoisotopic (exact) mass is 245 g/mol. The molecule has 1 amide bonds. The molecule has 0 aliphatic rings. The van der Waals surface area contributed by atoms with E-state index in [4.69, 9.17) is 0 Å². The van der Waals surface area contributed by atoms with Crippen LogP contribution in [0, 0.1) is 0 Å². The summed E-state index contributed by atoms with van der Waals surface area (Å²) in [5, 5.41) is 5.78. The molecule has 0 aliphatic heterocycles. The number of hydrogen-bond donors (Lipinski definition) is 3. The molecule has 2 aromatic rings. The van der Waals surface area contributed by atoms with Crippen LogP contribution in [-0.4, -0.2) is 34.5 Å². The molecule has 2 aromatic heterocycles. The lowest BCUT2D eigenvalue weighted by Gasteiger charge is -2.06. The van der Waals surface area contributed by atoms with Gasteiger partial charge in [0.25, 0.3) is 5.91 Å². The van der Waals surface area contributed by atoms with Crippen LogP contribution in [0.2, 0.25) is 0 Å². The van der Waals surface area contributed by atoms with Crippen molar-refractivity contribution in [3.05, 3.63) is 42.2 Å². The topological polar surface area (TPSA) is 82.7 Å². The zero-order chi connectivity index (χ0) is 12.8. The predicted octanol–water partition coefficient (Wildman–Crippen LogP) is 0.819. The van der Waals surface area contributed by atoms with Crippen LogP contribution in [0.5, 0.6) is 0 Å². The van der Waals surface area contributed by atoms with E-state index in [1.165, 1.54) is 0 Å². The predicted molar refractivity (Wildman–Crippen MR) is 68.4 cm³/mol. The summed E-state index contributed by atoms with van der Waals surface area (Å²) < 4.78 is 0.